The Morgan fingerprint density at radius 3 is 3.13 bits per heavy atom. The Labute approximate surface area is 94.7 Å². The van der Waals surface area contributed by atoms with Crippen LogP contribution in [0.25, 0.3) is 0 Å². The fourth-order valence-corrected chi connectivity index (χ4v) is 3.34. The van der Waals surface area contributed by atoms with Gasteiger partial charge in [-0.1, -0.05) is 13.3 Å². The lowest BCUT2D eigenvalue weighted by atomic mass is 9.87. The van der Waals surface area contributed by atoms with E-state index < -0.39 is 0 Å². The normalized spacial score (nSPS) is 19.7. The van der Waals surface area contributed by atoms with E-state index >= 15 is 0 Å². The topological polar surface area (TPSA) is 29.1 Å². The third-order valence-corrected chi connectivity index (χ3v) is 4.45. The molecule has 0 aromatic carbocycles. The fraction of sp³-hybridized carbons (Fsp3) is 0.583. The molecule has 1 aliphatic carbocycles. The zero-order chi connectivity index (χ0) is 10.8. The summed E-state index contributed by atoms with van der Waals surface area (Å²) in [7, 11) is 1.69. The molecule has 0 bridgehead atoms. The molecule has 1 N–H and O–H groups in total. The molecule has 0 spiro atoms. The zero-order valence-electron chi connectivity index (χ0n) is 9.30. The van der Waals surface area contributed by atoms with Crippen molar-refractivity contribution in [3.05, 3.63) is 21.4 Å². The minimum absolute atomic E-state index is 0.0578. The van der Waals surface area contributed by atoms with Crippen LogP contribution in [0.1, 0.15) is 39.9 Å². The van der Waals surface area contributed by atoms with Crippen molar-refractivity contribution >= 4 is 17.2 Å². The smallest absolute Gasteiger partial charge is 0.261 e. The summed E-state index contributed by atoms with van der Waals surface area (Å²) in [5, 5.41) is 2.69. The summed E-state index contributed by atoms with van der Waals surface area (Å²) in [6.45, 7) is 2.25. The Hall–Kier alpha value is -0.830. The van der Waals surface area contributed by atoms with Gasteiger partial charge in [0.15, 0.2) is 0 Å². The van der Waals surface area contributed by atoms with Crippen molar-refractivity contribution in [2.45, 2.75) is 32.6 Å². The van der Waals surface area contributed by atoms with Crippen LogP contribution in [0.15, 0.2) is 6.07 Å². The van der Waals surface area contributed by atoms with Crippen LogP contribution in [0.4, 0.5) is 0 Å². The maximum Gasteiger partial charge on any atom is 0.261 e. The lowest BCUT2D eigenvalue weighted by Crippen LogP contribution is -2.16. The van der Waals surface area contributed by atoms with Gasteiger partial charge in [0, 0.05) is 11.9 Å². The van der Waals surface area contributed by atoms with Crippen LogP contribution in [-0.4, -0.2) is 13.0 Å². The van der Waals surface area contributed by atoms with Crippen LogP contribution in [0, 0.1) is 5.92 Å². The third-order valence-electron chi connectivity index (χ3n) is 3.21. The molecule has 2 nitrogen and oxygen atoms in total. The van der Waals surface area contributed by atoms with Crippen LogP contribution in [0.2, 0.25) is 0 Å². The molecule has 3 heteroatoms. The fourth-order valence-electron chi connectivity index (χ4n) is 2.18. The molecule has 0 saturated carbocycles. The van der Waals surface area contributed by atoms with E-state index in [1.165, 1.54) is 29.7 Å². The molecule has 1 amide bonds. The number of hydrogen-bond donors (Lipinski definition) is 1. The van der Waals surface area contributed by atoms with E-state index in [1.54, 1.807) is 18.4 Å². The van der Waals surface area contributed by atoms with Crippen LogP contribution in [0.5, 0.6) is 0 Å². The minimum atomic E-state index is 0.0578. The summed E-state index contributed by atoms with van der Waals surface area (Å²) in [6, 6.07) is 2.08. The van der Waals surface area contributed by atoms with Crippen molar-refractivity contribution in [1.29, 1.82) is 0 Å². The van der Waals surface area contributed by atoms with Gasteiger partial charge in [-0.05, 0) is 36.8 Å². The van der Waals surface area contributed by atoms with Gasteiger partial charge in [-0.15, -0.1) is 11.3 Å². The first-order valence-electron chi connectivity index (χ1n) is 5.58. The van der Waals surface area contributed by atoms with Crippen molar-refractivity contribution in [2.24, 2.45) is 5.92 Å². The number of rotatable bonds is 2. The summed E-state index contributed by atoms with van der Waals surface area (Å²) < 4.78 is 0. The Morgan fingerprint density at radius 1 is 1.67 bits per heavy atom. The summed E-state index contributed by atoms with van der Waals surface area (Å²) in [4.78, 5) is 13.8. The van der Waals surface area contributed by atoms with Gasteiger partial charge in [0.25, 0.3) is 5.91 Å². The molecule has 1 aromatic rings. The van der Waals surface area contributed by atoms with Crippen molar-refractivity contribution in [3.63, 3.8) is 0 Å². The molecule has 1 heterocycles. The number of amides is 1. The van der Waals surface area contributed by atoms with Crippen LogP contribution >= 0.6 is 11.3 Å². The van der Waals surface area contributed by atoms with E-state index in [-0.39, 0.29) is 5.91 Å². The van der Waals surface area contributed by atoms with Crippen LogP contribution in [0.3, 0.4) is 0 Å². The zero-order valence-corrected chi connectivity index (χ0v) is 10.1. The number of fused-ring (bicyclic) bond motifs is 1. The third kappa shape index (κ3) is 2.07. The van der Waals surface area contributed by atoms with Crippen molar-refractivity contribution in [2.75, 3.05) is 7.05 Å². The average Bonchev–Trinajstić information content (AvgIpc) is 2.70. The first-order valence-corrected chi connectivity index (χ1v) is 6.40. The number of carbonyl (C=O) groups is 1. The molecule has 2 rings (SSSR count). The lowest BCUT2D eigenvalue weighted by Gasteiger charge is -2.19. The minimum Gasteiger partial charge on any atom is -0.354 e. The second-order valence-electron chi connectivity index (χ2n) is 4.16. The molecule has 1 atom stereocenters. The maximum absolute atomic E-state index is 11.5. The van der Waals surface area contributed by atoms with E-state index in [2.05, 4.69) is 18.3 Å². The van der Waals surface area contributed by atoms with Crippen molar-refractivity contribution < 1.29 is 4.79 Å². The van der Waals surface area contributed by atoms with Crippen LogP contribution < -0.4 is 5.32 Å². The Bertz CT molecular complexity index is 370. The predicted octanol–water partition coefficient (Wildman–Crippen LogP) is 2.62. The van der Waals surface area contributed by atoms with E-state index in [0.29, 0.717) is 0 Å². The monoisotopic (exact) mass is 223 g/mol. The molecule has 1 aromatic heterocycles. The summed E-state index contributed by atoms with van der Waals surface area (Å²) >= 11 is 1.67. The molecule has 0 radical (unpaired) electrons. The van der Waals surface area contributed by atoms with E-state index in [1.807, 2.05) is 0 Å². The number of nitrogens with one attached hydrogen (secondary N) is 1. The first-order chi connectivity index (χ1) is 7.24. The molecule has 0 fully saturated rings. The highest BCUT2D eigenvalue weighted by Crippen LogP contribution is 2.33. The predicted molar refractivity (Wildman–Crippen MR) is 63.5 cm³/mol. The number of carbonyl (C=O) groups excluding carboxylic acids is 1. The van der Waals surface area contributed by atoms with Gasteiger partial charge in [0.2, 0.25) is 0 Å². The van der Waals surface area contributed by atoms with E-state index in [9.17, 15) is 4.79 Å². The van der Waals surface area contributed by atoms with Gasteiger partial charge < -0.3 is 5.32 Å². The first kappa shape index (κ1) is 10.7. The second kappa shape index (κ2) is 4.35. The molecule has 0 aliphatic heterocycles. The Kier molecular flexibility index (Phi) is 3.10. The molecule has 82 valence electrons. The standard InChI is InChI=1S/C12H17NOS/c1-3-8-4-5-10-9(6-8)7-11(15-10)12(14)13-2/h7-8H,3-6H2,1-2H3,(H,13,14)/t8-/m0/s1. The Balaban J connectivity index is 2.21. The average molecular weight is 223 g/mol. The summed E-state index contributed by atoms with van der Waals surface area (Å²) in [5.41, 5.74) is 1.41. The summed E-state index contributed by atoms with van der Waals surface area (Å²) in [5.74, 6) is 0.882. The van der Waals surface area contributed by atoms with Crippen molar-refractivity contribution in [1.82, 2.24) is 5.32 Å². The molecular weight excluding hydrogens is 206 g/mol. The van der Waals surface area contributed by atoms with E-state index in [4.69, 9.17) is 0 Å². The molecule has 1 aliphatic rings. The second-order valence-corrected chi connectivity index (χ2v) is 5.29. The molecule has 15 heavy (non-hydrogen) atoms. The lowest BCUT2D eigenvalue weighted by molar-refractivity contribution is 0.0967. The molecule has 0 unspecified atom stereocenters. The van der Waals surface area contributed by atoms with Crippen molar-refractivity contribution in [3.8, 4) is 0 Å². The van der Waals surface area contributed by atoms with Gasteiger partial charge in [0.1, 0.15) is 0 Å². The maximum atomic E-state index is 11.5. The highest BCUT2D eigenvalue weighted by Gasteiger charge is 2.21. The largest absolute Gasteiger partial charge is 0.354 e. The van der Waals surface area contributed by atoms with Gasteiger partial charge in [-0.25, -0.2) is 0 Å². The van der Waals surface area contributed by atoms with E-state index in [0.717, 1.165) is 17.2 Å². The highest BCUT2D eigenvalue weighted by atomic mass is 32.1. The molecule has 0 saturated heterocycles. The van der Waals surface area contributed by atoms with Gasteiger partial charge in [0.05, 0.1) is 4.88 Å². The number of aryl methyl sites for hydroxylation is 1. The van der Waals surface area contributed by atoms with Gasteiger partial charge in [-0.2, -0.15) is 0 Å². The summed E-state index contributed by atoms with van der Waals surface area (Å²) in [6.07, 6.45) is 4.87. The highest BCUT2D eigenvalue weighted by molar-refractivity contribution is 7.14. The van der Waals surface area contributed by atoms with Crippen LogP contribution in [-0.2, 0) is 12.8 Å². The quantitative estimate of drug-likeness (QED) is 0.820. The SMILES string of the molecule is CC[C@H]1CCc2sc(C(=O)NC)cc2C1. The number of thiophene rings is 1. The Morgan fingerprint density at radius 2 is 2.47 bits per heavy atom. The van der Waals surface area contributed by atoms with Gasteiger partial charge >= 0.3 is 0 Å². The number of hydrogen-bond acceptors (Lipinski definition) is 2. The van der Waals surface area contributed by atoms with Gasteiger partial charge in [-0.3, -0.25) is 4.79 Å². The molecular formula is C12H17NOS.